The summed E-state index contributed by atoms with van der Waals surface area (Å²) in [4.78, 5) is 12.6. The molecule has 0 bridgehead atoms. The van der Waals surface area contributed by atoms with Gasteiger partial charge in [-0.05, 0) is 41.1 Å². The van der Waals surface area contributed by atoms with E-state index in [1.165, 1.54) is 6.08 Å². The Kier molecular flexibility index (Phi) is 4.33. The number of halogens is 1. The largest absolute Gasteiger partial charge is 0.348 e. The molecule has 0 atom stereocenters. The Bertz CT molecular complexity index is 573. The van der Waals surface area contributed by atoms with Gasteiger partial charge in [-0.2, -0.15) is 5.10 Å². The standard InChI is InChI=1S/C12H12BrN3OS/c1-8-9(7-15-16-8)6-14-12(17)5-3-10-2-4-11(13)18-10/h2-5,7H,6H2,1H3,(H,14,17)(H,15,16)/b5-3+. The molecule has 0 aliphatic heterocycles. The van der Waals surface area contributed by atoms with Crippen LogP contribution in [0.2, 0.25) is 0 Å². The molecule has 2 aromatic heterocycles. The number of thiophene rings is 1. The van der Waals surface area contributed by atoms with Crippen molar-refractivity contribution in [2.24, 2.45) is 0 Å². The van der Waals surface area contributed by atoms with Crippen molar-refractivity contribution in [1.82, 2.24) is 15.5 Å². The van der Waals surface area contributed by atoms with Crippen LogP contribution in [0.3, 0.4) is 0 Å². The first kappa shape index (κ1) is 13.0. The fraction of sp³-hybridized carbons (Fsp3) is 0.167. The van der Waals surface area contributed by atoms with Crippen LogP contribution in [0, 0.1) is 6.92 Å². The molecule has 0 saturated heterocycles. The van der Waals surface area contributed by atoms with Gasteiger partial charge in [-0.1, -0.05) is 0 Å². The van der Waals surface area contributed by atoms with Gasteiger partial charge in [-0.15, -0.1) is 11.3 Å². The van der Waals surface area contributed by atoms with Gasteiger partial charge in [0, 0.05) is 28.8 Å². The SMILES string of the molecule is Cc1[nH]ncc1CNC(=O)/C=C/c1ccc(Br)s1. The predicted octanol–water partition coefficient (Wildman–Crippen LogP) is 2.87. The van der Waals surface area contributed by atoms with Crippen molar-refractivity contribution in [3.63, 3.8) is 0 Å². The summed E-state index contributed by atoms with van der Waals surface area (Å²) in [5, 5.41) is 9.54. The van der Waals surface area contributed by atoms with E-state index in [1.54, 1.807) is 23.6 Å². The van der Waals surface area contributed by atoms with Gasteiger partial charge in [-0.3, -0.25) is 9.89 Å². The maximum absolute atomic E-state index is 11.6. The van der Waals surface area contributed by atoms with Gasteiger partial charge in [0.15, 0.2) is 0 Å². The first-order valence-corrected chi connectivity index (χ1v) is 6.96. The number of nitrogens with one attached hydrogen (secondary N) is 2. The molecule has 18 heavy (non-hydrogen) atoms. The minimum Gasteiger partial charge on any atom is -0.348 e. The maximum Gasteiger partial charge on any atom is 0.244 e. The molecule has 2 N–H and O–H groups in total. The van der Waals surface area contributed by atoms with Gasteiger partial charge >= 0.3 is 0 Å². The average molecular weight is 326 g/mol. The van der Waals surface area contributed by atoms with Gasteiger partial charge in [0.1, 0.15) is 0 Å². The second-order valence-corrected chi connectivity index (χ2v) is 6.21. The number of nitrogens with zero attached hydrogens (tertiary/aromatic N) is 1. The fourth-order valence-electron chi connectivity index (χ4n) is 1.37. The molecule has 2 aromatic rings. The number of aryl methyl sites for hydroxylation is 1. The molecule has 0 radical (unpaired) electrons. The van der Waals surface area contributed by atoms with Gasteiger partial charge in [0.25, 0.3) is 0 Å². The topological polar surface area (TPSA) is 57.8 Å². The van der Waals surface area contributed by atoms with E-state index >= 15 is 0 Å². The van der Waals surface area contributed by atoms with Crippen LogP contribution >= 0.6 is 27.3 Å². The van der Waals surface area contributed by atoms with Crippen LogP contribution in [0.15, 0.2) is 28.2 Å². The highest BCUT2D eigenvalue weighted by Gasteiger charge is 2.01. The zero-order chi connectivity index (χ0) is 13.0. The minimum absolute atomic E-state index is 0.111. The van der Waals surface area contributed by atoms with Crippen LogP contribution in [0.25, 0.3) is 6.08 Å². The Hall–Kier alpha value is -1.40. The molecule has 0 fully saturated rings. The highest BCUT2D eigenvalue weighted by molar-refractivity contribution is 9.11. The van der Waals surface area contributed by atoms with Gasteiger partial charge in [0.2, 0.25) is 5.91 Å². The van der Waals surface area contributed by atoms with Crippen LogP contribution in [-0.4, -0.2) is 16.1 Å². The monoisotopic (exact) mass is 325 g/mol. The van der Waals surface area contributed by atoms with E-state index < -0.39 is 0 Å². The third kappa shape index (κ3) is 3.54. The van der Waals surface area contributed by atoms with Gasteiger partial charge < -0.3 is 5.32 Å². The van der Waals surface area contributed by atoms with Crippen LogP contribution in [0.1, 0.15) is 16.1 Å². The molecule has 0 unspecified atom stereocenters. The zero-order valence-corrected chi connectivity index (χ0v) is 12.1. The van der Waals surface area contributed by atoms with Crippen molar-refractivity contribution in [2.75, 3.05) is 0 Å². The summed E-state index contributed by atoms with van der Waals surface area (Å²) in [5.41, 5.74) is 1.97. The van der Waals surface area contributed by atoms with Crippen LogP contribution in [-0.2, 0) is 11.3 Å². The lowest BCUT2D eigenvalue weighted by Gasteiger charge is -2.00. The second kappa shape index (κ2) is 5.97. The number of hydrogen-bond donors (Lipinski definition) is 2. The smallest absolute Gasteiger partial charge is 0.244 e. The summed E-state index contributed by atoms with van der Waals surface area (Å²) in [7, 11) is 0. The Morgan fingerprint density at radius 3 is 3.06 bits per heavy atom. The molecule has 94 valence electrons. The Morgan fingerprint density at radius 2 is 2.44 bits per heavy atom. The highest BCUT2D eigenvalue weighted by atomic mass is 79.9. The van der Waals surface area contributed by atoms with Crippen molar-refractivity contribution in [3.8, 4) is 0 Å². The third-order valence-corrected chi connectivity index (χ3v) is 3.97. The molecule has 0 aromatic carbocycles. The van der Waals surface area contributed by atoms with E-state index in [4.69, 9.17) is 0 Å². The normalized spacial score (nSPS) is 11.0. The molecule has 0 spiro atoms. The van der Waals surface area contributed by atoms with Gasteiger partial charge in [-0.25, -0.2) is 0 Å². The number of amides is 1. The lowest BCUT2D eigenvalue weighted by atomic mass is 10.2. The zero-order valence-electron chi connectivity index (χ0n) is 9.74. The highest BCUT2D eigenvalue weighted by Crippen LogP contribution is 2.22. The number of H-pyrrole nitrogens is 1. The lowest BCUT2D eigenvalue weighted by Crippen LogP contribution is -2.20. The quantitative estimate of drug-likeness (QED) is 0.849. The number of aromatic nitrogens is 2. The van der Waals surface area contributed by atoms with E-state index in [9.17, 15) is 4.79 Å². The molecule has 1 amide bonds. The lowest BCUT2D eigenvalue weighted by molar-refractivity contribution is -0.116. The minimum atomic E-state index is -0.111. The summed E-state index contributed by atoms with van der Waals surface area (Å²) >= 11 is 4.96. The molecular formula is C12H12BrN3OS. The fourth-order valence-corrected chi connectivity index (χ4v) is 2.70. The number of carbonyl (C=O) groups is 1. The van der Waals surface area contributed by atoms with E-state index in [2.05, 4.69) is 31.4 Å². The average Bonchev–Trinajstić information content (AvgIpc) is 2.93. The van der Waals surface area contributed by atoms with Crippen molar-refractivity contribution in [2.45, 2.75) is 13.5 Å². The maximum atomic E-state index is 11.6. The van der Waals surface area contributed by atoms with Crippen LogP contribution in [0.5, 0.6) is 0 Å². The molecule has 2 rings (SSSR count). The molecular weight excluding hydrogens is 314 g/mol. The van der Waals surface area contributed by atoms with Crippen LogP contribution in [0.4, 0.5) is 0 Å². The number of aromatic amines is 1. The van der Waals surface area contributed by atoms with Crippen molar-refractivity contribution >= 4 is 39.2 Å². The summed E-state index contributed by atoms with van der Waals surface area (Å²) < 4.78 is 1.05. The molecule has 0 saturated carbocycles. The van der Waals surface area contributed by atoms with Crippen LogP contribution < -0.4 is 5.32 Å². The second-order valence-electron chi connectivity index (χ2n) is 3.71. The van der Waals surface area contributed by atoms with Crippen molar-refractivity contribution < 1.29 is 4.79 Å². The summed E-state index contributed by atoms with van der Waals surface area (Å²) in [6, 6.07) is 3.91. The van der Waals surface area contributed by atoms with Gasteiger partial charge in [0.05, 0.1) is 9.98 Å². The van der Waals surface area contributed by atoms with E-state index in [0.29, 0.717) is 6.54 Å². The first-order chi connectivity index (χ1) is 8.65. The molecule has 4 nitrogen and oxygen atoms in total. The summed E-state index contributed by atoms with van der Waals surface area (Å²) in [5.74, 6) is -0.111. The van der Waals surface area contributed by atoms with Crippen molar-refractivity contribution in [1.29, 1.82) is 0 Å². The summed E-state index contributed by atoms with van der Waals surface area (Å²) in [6.45, 7) is 2.41. The number of carbonyl (C=O) groups excluding carboxylic acids is 1. The third-order valence-electron chi connectivity index (χ3n) is 2.38. The summed E-state index contributed by atoms with van der Waals surface area (Å²) in [6.07, 6.45) is 5.05. The Labute approximate surface area is 117 Å². The predicted molar refractivity (Wildman–Crippen MR) is 76.2 cm³/mol. The molecule has 0 aliphatic rings. The first-order valence-electron chi connectivity index (χ1n) is 5.35. The number of rotatable bonds is 4. The molecule has 0 aliphatic carbocycles. The molecule has 2 heterocycles. The number of hydrogen-bond acceptors (Lipinski definition) is 3. The Morgan fingerprint density at radius 1 is 1.61 bits per heavy atom. The van der Waals surface area contributed by atoms with E-state index in [0.717, 1.165) is 19.9 Å². The molecule has 6 heteroatoms. The van der Waals surface area contributed by atoms with E-state index in [-0.39, 0.29) is 5.91 Å². The van der Waals surface area contributed by atoms with Crippen molar-refractivity contribution in [3.05, 3.63) is 44.3 Å². The van der Waals surface area contributed by atoms with E-state index in [1.807, 2.05) is 19.1 Å². The Balaban J connectivity index is 1.86.